The van der Waals surface area contributed by atoms with Crippen molar-refractivity contribution in [2.24, 2.45) is 5.73 Å². The summed E-state index contributed by atoms with van der Waals surface area (Å²) in [5, 5.41) is 0. The number of hydrogen-bond acceptors (Lipinski definition) is 2. The van der Waals surface area contributed by atoms with E-state index in [-0.39, 0.29) is 18.1 Å². The monoisotopic (exact) mass is 298 g/mol. The SMILES string of the molecule is CCC(C)n1c(-c2ccc(C)c(C)c2)cc(C)c(CN)c1=O. The van der Waals surface area contributed by atoms with Gasteiger partial charge in [0.05, 0.1) is 5.69 Å². The second kappa shape index (κ2) is 6.49. The molecular weight excluding hydrogens is 272 g/mol. The zero-order chi connectivity index (χ0) is 16.4. The smallest absolute Gasteiger partial charge is 0.256 e. The first-order valence-electron chi connectivity index (χ1n) is 7.93. The largest absolute Gasteiger partial charge is 0.326 e. The van der Waals surface area contributed by atoms with Gasteiger partial charge in [-0.05, 0) is 68.5 Å². The van der Waals surface area contributed by atoms with Crippen LogP contribution in [0.25, 0.3) is 11.3 Å². The molecule has 1 unspecified atom stereocenters. The molecule has 118 valence electrons. The highest BCUT2D eigenvalue weighted by Crippen LogP contribution is 2.26. The molecule has 0 saturated carbocycles. The van der Waals surface area contributed by atoms with E-state index < -0.39 is 0 Å². The molecule has 0 amide bonds. The zero-order valence-electron chi connectivity index (χ0n) is 14.2. The van der Waals surface area contributed by atoms with E-state index in [1.54, 1.807) is 0 Å². The summed E-state index contributed by atoms with van der Waals surface area (Å²) in [6.07, 6.45) is 0.908. The van der Waals surface area contributed by atoms with Crippen LogP contribution >= 0.6 is 0 Å². The number of benzene rings is 1. The third-order valence-electron chi connectivity index (χ3n) is 4.60. The Balaban J connectivity index is 2.79. The quantitative estimate of drug-likeness (QED) is 0.931. The van der Waals surface area contributed by atoms with Crippen LogP contribution in [-0.4, -0.2) is 4.57 Å². The van der Waals surface area contributed by atoms with E-state index in [2.05, 4.69) is 52.0 Å². The first-order valence-corrected chi connectivity index (χ1v) is 7.93. The molecule has 2 aromatic rings. The summed E-state index contributed by atoms with van der Waals surface area (Å²) < 4.78 is 1.90. The van der Waals surface area contributed by atoms with Gasteiger partial charge in [0, 0.05) is 18.2 Å². The van der Waals surface area contributed by atoms with Gasteiger partial charge in [-0.25, -0.2) is 0 Å². The lowest BCUT2D eigenvalue weighted by Gasteiger charge is -2.21. The summed E-state index contributed by atoms with van der Waals surface area (Å²) in [7, 11) is 0. The number of aryl methyl sites for hydroxylation is 3. The highest BCUT2D eigenvalue weighted by atomic mass is 16.1. The minimum absolute atomic E-state index is 0.0464. The van der Waals surface area contributed by atoms with Crippen LogP contribution in [0.2, 0.25) is 0 Å². The Bertz CT molecular complexity index is 744. The molecule has 0 spiro atoms. The third-order valence-corrected chi connectivity index (χ3v) is 4.60. The minimum Gasteiger partial charge on any atom is -0.326 e. The molecule has 0 radical (unpaired) electrons. The van der Waals surface area contributed by atoms with Crippen molar-refractivity contribution in [1.82, 2.24) is 4.57 Å². The van der Waals surface area contributed by atoms with Crippen LogP contribution in [0.15, 0.2) is 29.1 Å². The molecule has 1 atom stereocenters. The van der Waals surface area contributed by atoms with Crippen molar-refractivity contribution in [2.75, 3.05) is 0 Å². The Kier molecular flexibility index (Phi) is 4.87. The van der Waals surface area contributed by atoms with Crippen molar-refractivity contribution in [2.45, 2.75) is 53.6 Å². The molecule has 3 heteroatoms. The molecule has 0 aliphatic rings. The second-order valence-electron chi connectivity index (χ2n) is 6.13. The maximum atomic E-state index is 12.9. The van der Waals surface area contributed by atoms with Gasteiger partial charge < -0.3 is 10.3 Å². The normalized spacial score (nSPS) is 12.5. The standard InChI is InChI=1S/C19H26N2O/c1-6-15(5)21-18(10-14(4)17(11-20)19(21)22)16-8-7-12(2)13(3)9-16/h7-10,15H,6,11,20H2,1-5H3. The molecule has 2 rings (SSSR count). The average Bonchev–Trinajstić information content (AvgIpc) is 2.49. The second-order valence-corrected chi connectivity index (χ2v) is 6.13. The third kappa shape index (κ3) is 2.86. The van der Waals surface area contributed by atoms with Crippen molar-refractivity contribution in [3.63, 3.8) is 0 Å². The first kappa shape index (κ1) is 16.5. The van der Waals surface area contributed by atoms with E-state index in [0.29, 0.717) is 5.56 Å². The number of hydrogen-bond donors (Lipinski definition) is 1. The van der Waals surface area contributed by atoms with Crippen LogP contribution in [0.5, 0.6) is 0 Å². The summed E-state index contributed by atoms with van der Waals surface area (Å²) in [4.78, 5) is 12.9. The summed E-state index contributed by atoms with van der Waals surface area (Å²) in [6, 6.07) is 8.61. The predicted molar refractivity (Wildman–Crippen MR) is 93.2 cm³/mol. The molecule has 2 N–H and O–H groups in total. The molecule has 0 bridgehead atoms. The van der Waals surface area contributed by atoms with E-state index >= 15 is 0 Å². The average molecular weight is 298 g/mol. The molecule has 1 aromatic heterocycles. The van der Waals surface area contributed by atoms with Gasteiger partial charge in [0.1, 0.15) is 0 Å². The Labute approximate surface area is 132 Å². The highest BCUT2D eigenvalue weighted by Gasteiger charge is 2.16. The van der Waals surface area contributed by atoms with Crippen LogP contribution in [-0.2, 0) is 6.54 Å². The van der Waals surface area contributed by atoms with Gasteiger partial charge in [0.15, 0.2) is 0 Å². The summed E-state index contributed by atoms with van der Waals surface area (Å²) in [5.41, 5.74) is 12.1. The van der Waals surface area contributed by atoms with Crippen LogP contribution in [0.4, 0.5) is 0 Å². The fraction of sp³-hybridized carbons (Fsp3) is 0.421. The van der Waals surface area contributed by atoms with Crippen molar-refractivity contribution < 1.29 is 0 Å². The first-order chi connectivity index (χ1) is 10.4. The number of nitrogens with zero attached hydrogens (tertiary/aromatic N) is 1. The van der Waals surface area contributed by atoms with Crippen molar-refractivity contribution in [1.29, 1.82) is 0 Å². The molecule has 1 heterocycles. The van der Waals surface area contributed by atoms with Crippen molar-refractivity contribution in [3.05, 3.63) is 56.9 Å². The Morgan fingerprint density at radius 3 is 2.32 bits per heavy atom. The maximum absolute atomic E-state index is 12.9. The van der Waals surface area contributed by atoms with Crippen LogP contribution in [0.3, 0.4) is 0 Å². The molecule has 0 aliphatic heterocycles. The van der Waals surface area contributed by atoms with E-state index in [9.17, 15) is 4.79 Å². The van der Waals surface area contributed by atoms with Gasteiger partial charge in [0.2, 0.25) is 0 Å². The van der Waals surface area contributed by atoms with E-state index in [1.165, 1.54) is 11.1 Å². The lowest BCUT2D eigenvalue weighted by Crippen LogP contribution is -2.30. The summed E-state index contributed by atoms with van der Waals surface area (Å²) >= 11 is 0. The lowest BCUT2D eigenvalue weighted by molar-refractivity contribution is 0.515. The molecule has 0 aliphatic carbocycles. The van der Waals surface area contributed by atoms with Gasteiger partial charge in [-0.3, -0.25) is 4.79 Å². The molecule has 1 aromatic carbocycles. The Morgan fingerprint density at radius 2 is 1.77 bits per heavy atom. The fourth-order valence-electron chi connectivity index (χ4n) is 2.78. The lowest BCUT2D eigenvalue weighted by atomic mass is 10.00. The Morgan fingerprint density at radius 1 is 1.09 bits per heavy atom. The molecular formula is C19H26N2O. The zero-order valence-corrected chi connectivity index (χ0v) is 14.2. The maximum Gasteiger partial charge on any atom is 0.256 e. The van der Waals surface area contributed by atoms with Gasteiger partial charge in [0.25, 0.3) is 5.56 Å². The van der Waals surface area contributed by atoms with Gasteiger partial charge >= 0.3 is 0 Å². The van der Waals surface area contributed by atoms with Crippen molar-refractivity contribution in [3.8, 4) is 11.3 Å². The molecule has 0 fully saturated rings. The number of nitrogens with two attached hydrogens (primary N) is 1. The fourth-order valence-corrected chi connectivity index (χ4v) is 2.78. The van der Waals surface area contributed by atoms with Crippen LogP contribution in [0.1, 0.15) is 48.6 Å². The van der Waals surface area contributed by atoms with Crippen LogP contribution in [0, 0.1) is 20.8 Å². The molecule has 3 nitrogen and oxygen atoms in total. The van der Waals surface area contributed by atoms with Crippen LogP contribution < -0.4 is 11.3 Å². The van der Waals surface area contributed by atoms with Crippen molar-refractivity contribution >= 4 is 0 Å². The number of pyridine rings is 1. The molecule has 22 heavy (non-hydrogen) atoms. The number of rotatable bonds is 4. The minimum atomic E-state index is 0.0464. The predicted octanol–water partition coefficient (Wildman–Crippen LogP) is 3.87. The summed E-state index contributed by atoms with van der Waals surface area (Å²) in [5.74, 6) is 0. The van der Waals surface area contributed by atoms with E-state index in [1.807, 2.05) is 11.5 Å². The Hall–Kier alpha value is -1.87. The van der Waals surface area contributed by atoms with E-state index in [0.717, 1.165) is 23.2 Å². The van der Waals surface area contributed by atoms with Gasteiger partial charge in [-0.2, -0.15) is 0 Å². The topological polar surface area (TPSA) is 48.0 Å². The highest BCUT2D eigenvalue weighted by molar-refractivity contribution is 5.63. The van der Waals surface area contributed by atoms with Gasteiger partial charge in [-0.1, -0.05) is 19.1 Å². The summed E-state index contributed by atoms with van der Waals surface area (Å²) in [6.45, 7) is 10.6. The molecule has 0 saturated heterocycles. The van der Waals surface area contributed by atoms with E-state index in [4.69, 9.17) is 5.73 Å². The number of aromatic nitrogens is 1. The van der Waals surface area contributed by atoms with Gasteiger partial charge in [-0.15, -0.1) is 0 Å².